The van der Waals surface area contributed by atoms with Crippen LogP contribution in [0.15, 0.2) is 0 Å². The Hall–Kier alpha value is -0.0800. The van der Waals surface area contributed by atoms with Gasteiger partial charge in [-0.05, 0) is 26.7 Å². The van der Waals surface area contributed by atoms with E-state index in [1.165, 1.54) is 0 Å². The Kier molecular flexibility index (Phi) is 1.81. The van der Waals surface area contributed by atoms with Gasteiger partial charge < -0.3 is 9.84 Å². The Morgan fingerprint density at radius 3 is 1.91 bits per heavy atom. The highest BCUT2D eigenvalue weighted by Gasteiger charge is 2.60. The molecule has 1 fully saturated rings. The maximum atomic E-state index is 10.2. The molecule has 11 heavy (non-hydrogen) atoms. The molecule has 0 amide bonds. The smallest absolute Gasteiger partial charge is 0.121 e. The average molecular weight is 158 g/mol. The summed E-state index contributed by atoms with van der Waals surface area (Å²) in [5, 5.41) is 10.2. The standard InChI is InChI=1S/C9H18O2/c1-6(2)9(10)7(3)11-8(9,4)5/h6-7,10H,1-5H3/t7-,9-/m0/s1. The van der Waals surface area contributed by atoms with Crippen LogP contribution in [0.1, 0.15) is 34.6 Å². The van der Waals surface area contributed by atoms with Crippen molar-refractivity contribution >= 4 is 0 Å². The molecule has 0 saturated carbocycles. The first-order valence-corrected chi connectivity index (χ1v) is 4.22. The molecule has 1 aliphatic heterocycles. The third kappa shape index (κ3) is 0.926. The highest BCUT2D eigenvalue weighted by atomic mass is 16.6. The number of rotatable bonds is 1. The summed E-state index contributed by atoms with van der Waals surface area (Å²) in [4.78, 5) is 0. The molecule has 2 atom stereocenters. The lowest BCUT2D eigenvalue weighted by atomic mass is 9.68. The van der Waals surface area contributed by atoms with Gasteiger partial charge >= 0.3 is 0 Å². The first kappa shape index (κ1) is 9.01. The summed E-state index contributed by atoms with van der Waals surface area (Å²) >= 11 is 0. The fourth-order valence-corrected chi connectivity index (χ4v) is 2.22. The average Bonchev–Trinajstić information content (AvgIpc) is 1.85. The van der Waals surface area contributed by atoms with E-state index >= 15 is 0 Å². The molecule has 2 nitrogen and oxygen atoms in total. The topological polar surface area (TPSA) is 29.5 Å². The number of aliphatic hydroxyl groups is 1. The minimum atomic E-state index is -0.646. The summed E-state index contributed by atoms with van der Waals surface area (Å²) in [7, 11) is 0. The third-order valence-electron chi connectivity index (χ3n) is 2.94. The van der Waals surface area contributed by atoms with Crippen molar-refractivity contribution in [2.45, 2.75) is 51.9 Å². The zero-order valence-corrected chi connectivity index (χ0v) is 8.01. The van der Waals surface area contributed by atoms with Crippen molar-refractivity contribution in [1.82, 2.24) is 0 Å². The van der Waals surface area contributed by atoms with Gasteiger partial charge in [-0.15, -0.1) is 0 Å². The molecule has 0 spiro atoms. The van der Waals surface area contributed by atoms with Crippen molar-refractivity contribution in [3.8, 4) is 0 Å². The highest BCUT2D eigenvalue weighted by molar-refractivity contribution is 5.09. The van der Waals surface area contributed by atoms with Crippen molar-refractivity contribution < 1.29 is 9.84 Å². The lowest BCUT2D eigenvalue weighted by Crippen LogP contribution is -2.73. The van der Waals surface area contributed by atoms with Crippen molar-refractivity contribution in [2.24, 2.45) is 5.92 Å². The van der Waals surface area contributed by atoms with Crippen LogP contribution in [0.3, 0.4) is 0 Å². The molecule has 0 unspecified atom stereocenters. The van der Waals surface area contributed by atoms with Crippen LogP contribution in [0.5, 0.6) is 0 Å². The third-order valence-corrected chi connectivity index (χ3v) is 2.94. The van der Waals surface area contributed by atoms with Gasteiger partial charge in [0.1, 0.15) is 5.60 Å². The van der Waals surface area contributed by atoms with Gasteiger partial charge in [-0.2, -0.15) is 0 Å². The molecule has 0 aliphatic carbocycles. The Bertz CT molecular complexity index is 156. The molecule has 1 heterocycles. The molecule has 2 heteroatoms. The van der Waals surface area contributed by atoms with E-state index in [4.69, 9.17) is 4.74 Å². The number of hydrogen-bond donors (Lipinski definition) is 1. The number of ether oxygens (including phenoxy) is 1. The lowest BCUT2D eigenvalue weighted by Gasteiger charge is -2.59. The lowest BCUT2D eigenvalue weighted by molar-refractivity contribution is -0.347. The monoisotopic (exact) mass is 158 g/mol. The highest BCUT2D eigenvalue weighted by Crippen LogP contribution is 2.46. The van der Waals surface area contributed by atoms with Crippen LogP contribution in [0.25, 0.3) is 0 Å². The van der Waals surface area contributed by atoms with E-state index in [1.54, 1.807) is 0 Å². The van der Waals surface area contributed by atoms with E-state index in [2.05, 4.69) is 0 Å². The Labute approximate surface area is 68.6 Å². The van der Waals surface area contributed by atoms with E-state index in [-0.39, 0.29) is 17.6 Å². The molecule has 0 aromatic heterocycles. The van der Waals surface area contributed by atoms with Crippen LogP contribution in [-0.2, 0) is 4.74 Å². The second kappa shape index (κ2) is 2.20. The molecule has 1 aliphatic rings. The van der Waals surface area contributed by atoms with E-state index < -0.39 is 5.60 Å². The SMILES string of the molecule is CC(C)[C@]1(O)[C@H](C)OC1(C)C. The first-order chi connectivity index (χ1) is 4.82. The summed E-state index contributed by atoms with van der Waals surface area (Å²) < 4.78 is 5.45. The van der Waals surface area contributed by atoms with Gasteiger partial charge in [0.2, 0.25) is 0 Å². The van der Waals surface area contributed by atoms with Crippen molar-refractivity contribution in [3.63, 3.8) is 0 Å². The Balaban J connectivity index is 2.83. The maximum Gasteiger partial charge on any atom is 0.121 e. The molecule has 0 bridgehead atoms. The number of hydrogen-bond acceptors (Lipinski definition) is 2. The summed E-state index contributed by atoms with van der Waals surface area (Å²) in [6.07, 6.45) is -0.0301. The molecule has 1 rings (SSSR count). The Morgan fingerprint density at radius 2 is 1.82 bits per heavy atom. The predicted octanol–water partition coefficient (Wildman–Crippen LogP) is 1.57. The van der Waals surface area contributed by atoms with Crippen LogP contribution in [-0.4, -0.2) is 22.4 Å². The van der Waals surface area contributed by atoms with Crippen LogP contribution < -0.4 is 0 Å². The Morgan fingerprint density at radius 1 is 1.36 bits per heavy atom. The van der Waals surface area contributed by atoms with Crippen LogP contribution in [0, 0.1) is 5.92 Å². The van der Waals surface area contributed by atoms with E-state index in [1.807, 2.05) is 34.6 Å². The summed E-state index contributed by atoms with van der Waals surface area (Å²) in [6, 6.07) is 0. The minimum Gasteiger partial charge on any atom is -0.384 e. The second-order valence-electron chi connectivity index (χ2n) is 4.25. The predicted molar refractivity (Wildman–Crippen MR) is 44.4 cm³/mol. The van der Waals surface area contributed by atoms with E-state index in [0.717, 1.165) is 0 Å². The fraction of sp³-hybridized carbons (Fsp3) is 1.00. The fourth-order valence-electron chi connectivity index (χ4n) is 2.22. The quantitative estimate of drug-likeness (QED) is 0.627. The van der Waals surface area contributed by atoms with Crippen molar-refractivity contribution in [1.29, 1.82) is 0 Å². The molecule has 1 N–H and O–H groups in total. The van der Waals surface area contributed by atoms with Gasteiger partial charge in [0.05, 0.1) is 11.7 Å². The van der Waals surface area contributed by atoms with Gasteiger partial charge in [0, 0.05) is 0 Å². The summed E-state index contributed by atoms with van der Waals surface area (Å²) in [5.74, 6) is 0.251. The molecular weight excluding hydrogens is 140 g/mol. The molecule has 0 radical (unpaired) electrons. The second-order valence-corrected chi connectivity index (χ2v) is 4.25. The van der Waals surface area contributed by atoms with Gasteiger partial charge in [-0.1, -0.05) is 13.8 Å². The molecule has 1 saturated heterocycles. The van der Waals surface area contributed by atoms with Gasteiger partial charge in [0.25, 0.3) is 0 Å². The zero-order valence-electron chi connectivity index (χ0n) is 8.01. The van der Waals surface area contributed by atoms with Crippen LogP contribution in [0.2, 0.25) is 0 Å². The van der Waals surface area contributed by atoms with E-state index in [0.29, 0.717) is 0 Å². The normalized spacial score (nSPS) is 42.3. The largest absolute Gasteiger partial charge is 0.384 e. The first-order valence-electron chi connectivity index (χ1n) is 4.22. The summed E-state index contributed by atoms with van der Waals surface area (Å²) in [5.41, 5.74) is -1.02. The van der Waals surface area contributed by atoms with Gasteiger partial charge in [-0.25, -0.2) is 0 Å². The van der Waals surface area contributed by atoms with Crippen molar-refractivity contribution in [3.05, 3.63) is 0 Å². The zero-order chi connectivity index (χ0) is 8.86. The minimum absolute atomic E-state index is 0.0301. The van der Waals surface area contributed by atoms with Gasteiger partial charge in [-0.3, -0.25) is 0 Å². The van der Waals surface area contributed by atoms with Crippen molar-refractivity contribution in [2.75, 3.05) is 0 Å². The van der Waals surface area contributed by atoms with Gasteiger partial charge in [0.15, 0.2) is 0 Å². The van der Waals surface area contributed by atoms with Crippen LogP contribution >= 0.6 is 0 Å². The molecule has 66 valence electrons. The maximum absolute atomic E-state index is 10.2. The van der Waals surface area contributed by atoms with E-state index in [9.17, 15) is 5.11 Å². The molecular formula is C9H18O2. The van der Waals surface area contributed by atoms with Crippen LogP contribution in [0.4, 0.5) is 0 Å². The molecule has 0 aromatic carbocycles. The summed E-state index contributed by atoms with van der Waals surface area (Å²) in [6.45, 7) is 9.85. The molecule has 0 aromatic rings.